The highest BCUT2D eigenvalue weighted by molar-refractivity contribution is 6.14. The molecule has 0 spiro atoms. The molecule has 5 nitrogen and oxygen atoms in total. The summed E-state index contributed by atoms with van der Waals surface area (Å²) < 4.78 is 6.19. The normalized spacial score (nSPS) is 17.0. The molecule has 2 aromatic rings. The van der Waals surface area contributed by atoms with Gasteiger partial charge < -0.3 is 14.7 Å². The third kappa shape index (κ3) is 4.60. The summed E-state index contributed by atoms with van der Waals surface area (Å²) in [7, 11) is 1.52. The van der Waals surface area contributed by atoms with Crippen LogP contribution in [-0.2, 0) is 15.7 Å². The van der Waals surface area contributed by atoms with Crippen molar-refractivity contribution in [3.05, 3.63) is 64.2 Å². The van der Waals surface area contributed by atoms with E-state index in [1.165, 1.54) is 18.2 Å². The van der Waals surface area contributed by atoms with Crippen LogP contribution in [0, 0.1) is 0 Å². The zero-order valence-corrected chi connectivity index (χ0v) is 19.4. The lowest BCUT2D eigenvalue weighted by Gasteiger charge is -2.42. The number of hydrogen-bond acceptors (Lipinski definition) is 4. The Morgan fingerprint density at radius 3 is 2.06 bits per heavy atom. The van der Waals surface area contributed by atoms with Crippen molar-refractivity contribution in [2.75, 3.05) is 13.7 Å². The van der Waals surface area contributed by atoms with E-state index in [2.05, 4.69) is 51.9 Å². The van der Waals surface area contributed by atoms with Gasteiger partial charge in [0.25, 0.3) is 0 Å². The van der Waals surface area contributed by atoms with Gasteiger partial charge in [-0.3, -0.25) is 0 Å². The summed E-state index contributed by atoms with van der Waals surface area (Å²) in [6.07, 6.45) is 3.12. The van der Waals surface area contributed by atoms with E-state index in [0.717, 1.165) is 36.1 Å². The van der Waals surface area contributed by atoms with Crippen LogP contribution in [0.3, 0.4) is 0 Å². The van der Waals surface area contributed by atoms with E-state index in [4.69, 9.17) is 9.57 Å². The molecule has 0 atom stereocenters. The molecule has 31 heavy (non-hydrogen) atoms. The largest absolute Gasteiger partial charge is 0.493 e. The Morgan fingerprint density at radius 1 is 1.00 bits per heavy atom. The number of carboxylic acids is 1. The van der Waals surface area contributed by atoms with Crippen molar-refractivity contribution in [2.45, 2.75) is 64.7 Å². The zero-order chi connectivity index (χ0) is 22.8. The van der Waals surface area contributed by atoms with Crippen LogP contribution in [-0.4, -0.2) is 30.5 Å². The average Bonchev–Trinajstić information content (AvgIpc) is 2.73. The van der Waals surface area contributed by atoms with Crippen LogP contribution < -0.4 is 4.74 Å². The van der Waals surface area contributed by atoms with Gasteiger partial charge in [0.15, 0.2) is 0 Å². The lowest BCUT2D eigenvalue weighted by Crippen LogP contribution is -2.34. The molecule has 1 aliphatic rings. The SMILES string of the molecule is CCCOc1cc2c(cc1C(=NOC)c1ccc(C(=O)O)cc1)C(C)(C)CCC2(C)C. The fourth-order valence-electron chi connectivity index (χ4n) is 4.23. The third-order valence-corrected chi connectivity index (χ3v) is 6.26. The van der Waals surface area contributed by atoms with Crippen LogP contribution in [0.1, 0.15) is 86.5 Å². The van der Waals surface area contributed by atoms with Crippen molar-refractivity contribution >= 4 is 11.7 Å². The van der Waals surface area contributed by atoms with Crippen molar-refractivity contribution in [1.29, 1.82) is 0 Å². The topological polar surface area (TPSA) is 68.1 Å². The molecule has 1 N–H and O–H groups in total. The monoisotopic (exact) mass is 423 g/mol. The maximum atomic E-state index is 11.3. The average molecular weight is 424 g/mol. The Kier molecular flexibility index (Phi) is 6.44. The Bertz CT molecular complexity index is 987. The van der Waals surface area contributed by atoms with Crippen LogP contribution in [0.25, 0.3) is 0 Å². The minimum Gasteiger partial charge on any atom is -0.493 e. The van der Waals surface area contributed by atoms with E-state index in [0.29, 0.717) is 12.3 Å². The molecule has 1 aliphatic carbocycles. The van der Waals surface area contributed by atoms with E-state index in [-0.39, 0.29) is 16.4 Å². The third-order valence-electron chi connectivity index (χ3n) is 6.26. The highest BCUT2D eigenvalue weighted by atomic mass is 16.6. The van der Waals surface area contributed by atoms with Gasteiger partial charge in [0.2, 0.25) is 0 Å². The fourth-order valence-corrected chi connectivity index (χ4v) is 4.23. The quantitative estimate of drug-likeness (QED) is 0.443. The van der Waals surface area contributed by atoms with Crippen LogP contribution >= 0.6 is 0 Å². The van der Waals surface area contributed by atoms with Crippen molar-refractivity contribution in [3.63, 3.8) is 0 Å². The van der Waals surface area contributed by atoms with E-state index >= 15 is 0 Å². The van der Waals surface area contributed by atoms with Gasteiger partial charge in [-0.2, -0.15) is 0 Å². The lowest BCUT2D eigenvalue weighted by atomic mass is 9.62. The molecule has 0 fully saturated rings. The van der Waals surface area contributed by atoms with E-state index in [9.17, 15) is 9.90 Å². The van der Waals surface area contributed by atoms with Gasteiger partial charge in [-0.1, -0.05) is 51.9 Å². The number of aromatic carboxylic acids is 1. The summed E-state index contributed by atoms with van der Waals surface area (Å²) in [5, 5.41) is 13.6. The minimum atomic E-state index is -0.957. The Balaban J connectivity index is 2.23. The number of oxime groups is 1. The van der Waals surface area contributed by atoms with Gasteiger partial charge in [-0.05, 0) is 65.5 Å². The highest BCUT2D eigenvalue weighted by Gasteiger charge is 2.38. The number of fused-ring (bicyclic) bond motifs is 1. The van der Waals surface area contributed by atoms with Crippen LogP contribution in [0.4, 0.5) is 0 Å². The predicted molar refractivity (Wildman–Crippen MR) is 124 cm³/mol. The predicted octanol–water partition coefficient (Wildman–Crippen LogP) is 5.92. The van der Waals surface area contributed by atoms with Gasteiger partial charge in [0.1, 0.15) is 18.6 Å². The van der Waals surface area contributed by atoms with Gasteiger partial charge in [0.05, 0.1) is 12.2 Å². The molecule has 0 radical (unpaired) electrons. The van der Waals surface area contributed by atoms with Gasteiger partial charge in [-0.25, -0.2) is 4.79 Å². The van der Waals surface area contributed by atoms with E-state index in [1.54, 1.807) is 24.3 Å². The summed E-state index contributed by atoms with van der Waals surface area (Å²) in [5.41, 5.74) is 5.22. The summed E-state index contributed by atoms with van der Waals surface area (Å²) in [6, 6.07) is 11.1. The number of nitrogens with zero attached hydrogens (tertiary/aromatic N) is 1. The van der Waals surface area contributed by atoms with Crippen molar-refractivity contribution in [2.24, 2.45) is 5.16 Å². The molecule has 0 amide bonds. The Morgan fingerprint density at radius 2 is 1.55 bits per heavy atom. The summed E-state index contributed by atoms with van der Waals surface area (Å²) in [6.45, 7) is 11.8. The number of rotatable bonds is 7. The molecular weight excluding hydrogens is 390 g/mol. The maximum absolute atomic E-state index is 11.3. The maximum Gasteiger partial charge on any atom is 0.335 e. The fraction of sp³-hybridized carbons (Fsp3) is 0.462. The summed E-state index contributed by atoms with van der Waals surface area (Å²) >= 11 is 0. The van der Waals surface area contributed by atoms with Crippen LogP contribution in [0.15, 0.2) is 41.6 Å². The molecule has 0 heterocycles. The van der Waals surface area contributed by atoms with Gasteiger partial charge in [-0.15, -0.1) is 0 Å². The van der Waals surface area contributed by atoms with Crippen molar-refractivity contribution in [1.82, 2.24) is 0 Å². The zero-order valence-electron chi connectivity index (χ0n) is 19.4. The molecule has 0 saturated carbocycles. The first-order valence-electron chi connectivity index (χ1n) is 10.9. The number of hydrogen-bond donors (Lipinski definition) is 1. The first-order chi connectivity index (χ1) is 14.6. The second-order valence-corrected chi connectivity index (χ2v) is 9.52. The molecular formula is C26H33NO4. The summed E-state index contributed by atoms with van der Waals surface area (Å²) in [5.74, 6) is -0.175. The van der Waals surface area contributed by atoms with Crippen molar-refractivity contribution in [3.8, 4) is 5.75 Å². The molecule has 0 saturated heterocycles. The first-order valence-corrected chi connectivity index (χ1v) is 10.9. The first kappa shape index (κ1) is 22.9. The molecule has 5 heteroatoms. The molecule has 3 rings (SSSR count). The minimum absolute atomic E-state index is 0.0359. The second-order valence-electron chi connectivity index (χ2n) is 9.52. The Hall–Kier alpha value is -2.82. The van der Waals surface area contributed by atoms with E-state index in [1.807, 2.05) is 0 Å². The number of ether oxygens (including phenoxy) is 1. The number of carbonyl (C=O) groups is 1. The Labute approximate surface area is 185 Å². The van der Waals surface area contributed by atoms with Crippen LogP contribution in [0.2, 0.25) is 0 Å². The summed E-state index contributed by atoms with van der Waals surface area (Å²) in [4.78, 5) is 16.5. The lowest BCUT2D eigenvalue weighted by molar-refractivity contribution is 0.0697. The smallest absolute Gasteiger partial charge is 0.335 e. The molecule has 166 valence electrons. The molecule has 2 aromatic carbocycles. The standard InChI is InChI=1S/C26H33NO4/c1-7-14-31-22-16-21-20(25(2,3)12-13-26(21,4)5)15-19(22)23(27-30-6)17-8-10-18(11-9-17)24(28)29/h8-11,15-16H,7,12-14H2,1-6H3,(H,28,29). The van der Waals surface area contributed by atoms with Gasteiger partial charge in [0, 0.05) is 11.1 Å². The van der Waals surface area contributed by atoms with Crippen LogP contribution in [0.5, 0.6) is 5.75 Å². The molecule has 0 bridgehead atoms. The molecule has 0 aliphatic heterocycles. The number of benzene rings is 2. The highest BCUT2D eigenvalue weighted by Crippen LogP contribution is 2.48. The molecule has 0 aromatic heterocycles. The second kappa shape index (κ2) is 8.74. The van der Waals surface area contributed by atoms with E-state index < -0.39 is 5.97 Å². The van der Waals surface area contributed by atoms with Crippen molar-refractivity contribution < 1.29 is 19.5 Å². The molecule has 0 unspecified atom stereocenters. The number of carboxylic acid groups (broad SMARTS) is 1. The van der Waals surface area contributed by atoms with Gasteiger partial charge >= 0.3 is 5.97 Å².